The van der Waals surface area contributed by atoms with Crippen LogP contribution in [0, 0.1) is 38.3 Å². The Morgan fingerprint density at radius 3 is 2.50 bits per heavy atom. The van der Waals surface area contributed by atoms with E-state index < -0.39 is 23.3 Å². The molecule has 0 N–H and O–H groups in total. The smallest absolute Gasteiger partial charge is 0.264 e. The maximum Gasteiger partial charge on any atom is 0.264 e. The molecule has 4 rings (SSSR count). The molecule has 1 saturated heterocycles. The van der Waals surface area contributed by atoms with E-state index in [-0.39, 0.29) is 11.5 Å². The van der Waals surface area contributed by atoms with Gasteiger partial charge in [0.2, 0.25) is 0 Å². The van der Waals surface area contributed by atoms with Gasteiger partial charge < -0.3 is 4.90 Å². The third kappa shape index (κ3) is 3.60. The molecule has 1 aliphatic rings. The first-order valence-corrected chi connectivity index (χ1v) is 10.6. The zero-order valence-corrected chi connectivity index (χ0v) is 17.8. The molecule has 0 spiro atoms. The standard InChI is InChI=1S/C22H21F2N3O2S/c1-11-18-12(2)25-13(3)26-21(18)30-20(11)22(29)27-8-6-14(7-9-27)19(28)16-10-15(23)4-5-17(16)24/h4-5,10,14H,6-9H2,1-3H3. The van der Waals surface area contributed by atoms with Gasteiger partial charge in [-0.25, -0.2) is 18.7 Å². The van der Waals surface area contributed by atoms with Crippen LogP contribution in [0.3, 0.4) is 0 Å². The van der Waals surface area contributed by atoms with Crippen LogP contribution in [0.2, 0.25) is 0 Å². The van der Waals surface area contributed by atoms with Crippen LogP contribution in [0.25, 0.3) is 10.2 Å². The lowest BCUT2D eigenvalue weighted by atomic mass is 9.88. The van der Waals surface area contributed by atoms with Crippen molar-refractivity contribution in [3.63, 3.8) is 0 Å². The van der Waals surface area contributed by atoms with Crippen molar-refractivity contribution >= 4 is 33.2 Å². The monoisotopic (exact) mass is 429 g/mol. The van der Waals surface area contributed by atoms with Crippen LogP contribution in [-0.4, -0.2) is 39.6 Å². The molecule has 0 unspecified atom stereocenters. The molecule has 0 radical (unpaired) electrons. The summed E-state index contributed by atoms with van der Waals surface area (Å²) in [6.45, 7) is 6.42. The largest absolute Gasteiger partial charge is 0.338 e. The Labute approximate surface area is 176 Å². The molecule has 1 fully saturated rings. The summed E-state index contributed by atoms with van der Waals surface area (Å²) in [7, 11) is 0. The summed E-state index contributed by atoms with van der Waals surface area (Å²) in [5.74, 6) is -1.60. The number of ketones is 1. The lowest BCUT2D eigenvalue weighted by molar-refractivity contribution is 0.0652. The Kier molecular flexibility index (Phi) is 5.36. The molecule has 3 aromatic rings. The zero-order chi connectivity index (χ0) is 21.6. The second-order valence-corrected chi connectivity index (χ2v) is 8.65. The highest BCUT2D eigenvalue weighted by Gasteiger charge is 2.31. The number of Topliss-reactive ketones (excluding diaryl/α,β-unsaturated/α-hetero) is 1. The Bertz CT molecular complexity index is 1170. The minimum Gasteiger partial charge on any atom is -0.338 e. The van der Waals surface area contributed by atoms with Crippen LogP contribution in [-0.2, 0) is 0 Å². The van der Waals surface area contributed by atoms with Gasteiger partial charge in [-0.2, -0.15) is 0 Å². The van der Waals surface area contributed by atoms with Gasteiger partial charge in [-0.05, 0) is 57.4 Å². The average Bonchev–Trinajstić information content (AvgIpc) is 3.05. The molecule has 2 aromatic heterocycles. The summed E-state index contributed by atoms with van der Waals surface area (Å²) < 4.78 is 27.4. The van der Waals surface area contributed by atoms with E-state index in [9.17, 15) is 18.4 Å². The van der Waals surface area contributed by atoms with E-state index in [0.29, 0.717) is 36.6 Å². The van der Waals surface area contributed by atoms with Gasteiger partial charge in [0, 0.05) is 30.1 Å². The molecule has 0 bridgehead atoms. The molecule has 30 heavy (non-hydrogen) atoms. The van der Waals surface area contributed by atoms with Crippen molar-refractivity contribution in [3.05, 3.63) is 57.4 Å². The van der Waals surface area contributed by atoms with Gasteiger partial charge in [0.25, 0.3) is 5.91 Å². The molecule has 8 heteroatoms. The van der Waals surface area contributed by atoms with Gasteiger partial charge in [0.05, 0.1) is 10.4 Å². The quantitative estimate of drug-likeness (QED) is 0.570. The lowest BCUT2D eigenvalue weighted by Gasteiger charge is -2.31. The van der Waals surface area contributed by atoms with Gasteiger partial charge in [-0.15, -0.1) is 11.3 Å². The number of thiophene rings is 1. The highest BCUT2D eigenvalue weighted by molar-refractivity contribution is 7.20. The van der Waals surface area contributed by atoms with Crippen molar-refractivity contribution in [3.8, 4) is 0 Å². The minimum atomic E-state index is -0.715. The normalized spacial score (nSPS) is 15.0. The van der Waals surface area contributed by atoms with Gasteiger partial charge in [0.1, 0.15) is 22.3 Å². The summed E-state index contributed by atoms with van der Waals surface area (Å²) in [4.78, 5) is 37.8. The Hall–Kier alpha value is -2.74. The second-order valence-electron chi connectivity index (χ2n) is 7.65. The van der Waals surface area contributed by atoms with E-state index in [4.69, 9.17) is 0 Å². The van der Waals surface area contributed by atoms with Crippen LogP contribution in [0.5, 0.6) is 0 Å². The number of aromatic nitrogens is 2. The Morgan fingerprint density at radius 1 is 1.10 bits per heavy atom. The second kappa shape index (κ2) is 7.83. The molecule has 0 saturated carbocycles. The Morgan fingerprint density at radius 2 is 1.80 bits per heavy atom. The van der Waals surface area contributed by atoms with E-state index in [2.05, 4.69) is 9.97 Å². The van der Waals surface area contributed by atoms with Gasteiger partial charge in [-0.3, -0.25) is 9.59 Å². The molecule has 3 heterocycles. The van der Waals surface area contributed by atoms with E-state index in [1.807, 2.05) is 20.8 Å². The van der Waals surface area contributed by atoms with Gasteiger partial charge in [-0.1, -0.05) is 0 Å². The first-order chi connectivity index (χ1) is 14.3. The number of nitrogens with zero attached hydrogens (tertiary/aromatic N) is 3. The summed E-state index contributed by atoms with van der Waals surface area (Å²) >= 11 is 1.36. The summed E-state index contributed by atoms with van der Waals surface area (Å²) in [6, 6.07) is 2.91. The van der Waals surface area contributed by atoms with Crippen molar-refractivity contribution < 1.29 is 18.4 Å². The van der Waals surface area contributed by atoms with Crippen LogP contribution in [0.4, 0.5) is 8.78 Å². The molecular formula is C22H21F2N3O2S. The van der Waals surface area contributed by atoms with Gasteiger partial charge in [0.15, 0.2) is 5.78 Å². The maximum atomic E-state index is 13.9. The molecule has 156 valence electrons. The first-order valence-electron chi connectivity index (χ1n) is 9.79. The predicted octanol–water partition coefficient (Wildman–Crippen LogP) is 4.63. The molecule has 0 atom stereocenters. The van der Waals surface area contributed by atoms with E-state index >= 15 is 0 Å². The topological polar surface area (TPSA) is 63.2 Å². The van der Waals surface area contributed by atoms with Crippen LogP contribution in [0.1, 0.15) is 50.0 Å². The molecule has 1 aromatic carbocycles. The minimum absolute atomic E-state index is 0.0876. The fourth-order valence-corrected chi connectivity index (χ4v) is 5.32. The van der Waals surface area contributed by atoms with E-state index in [0.717, 1.165) is 39.7 Å². The summed E-state index contributed by atoms with van der Waals surface area (Å²) in [5.41, 5.74) is 1.51. The number of aryl methyl sites for hydroxylation is 3. The number of fused-ring (bicyclic) bond motifs is 1. The number of piperidine rings is 1. The third-order valence-electron chi connectivity index (χ3n) is 5.62. The summed E-state index contributed by atoms with van der Waals surface area (Å²) in [5, 5.41) is 0.917. The number of rotatable bonds is 3. The number of carbonyl (C=O) groups is 2. The fraction of sp³-hybridized carbons (Fsp3) is 0.364. The number of hydrogen-bond donors (Lipinski definition) is 0. The van der Waals surface area contributed by atoms with Crippen LogP contribution < -0.4 is 0 Å². The van der Waals surface area contributed by atoms with Crippen molar-refractivity contribution in [2.45, 2.75) is 33.6 Å². The molecule has 5 nitrogen and oxygen atoms in total. The molecule has 0 aliphatic carbocycles. The average molecular weight is 429 g/mol. The van der Waals surface area contributed by atoms with Crippen molar-refractivity contribution in [2.24, 2.45) is 5.92 Å². The number of hydrogen-bond acceptors (Lipinski definition) is 5. The number of likely N-dealkylation sites (tertiary alicyclic amines) is 1. The van der Waals surface area contributed by atoms with E-state index in [1.54, 1.807) is 4.90 Å². The number of carbonyl (C=O) groups excluding carboxylic acids is 2. The predicted molar refractivity (Wildman–Crippen MR) is 111 cm³/mol. The summed E-state index contributed by atoms with van der Waals surface area (Å²) in [6.07, 6.45) is 0.838. The maximum absolute atomic E-state index is 13.9. The molecule has 1 amide bonds. The van der Waals surface area contributed by atoms with Crippen LogP contribution in [0.15, 0.2) is 18.2 Å². The molecular weight excluding hydrogens is 408 g/mol. The number of halogens is 2. The van der Waals surface area contributed by atoms with E-state index in [1.165, 1.54) is 11.3 Å². The fourth-order valence-electron chi connectivity index (χ4n) is 4.07. The lowest BCUT2D eigenvalue weighted by Crippen LogP contribution is -2.40. The highest BCUT2D eigenvalue weighted by atomic mass is 32.1. The zero-order valence-electron chi connectivity index (χ0n) is 17.0. The Balaban J connectivity index is 1.50. The van der Waals surface area contributed by atoms with Crippen molar-refractivity contribution in [1.29, 1.82) is 0 Å². The highest BCUT2D eigenvalue weighted by Crippen LogP contribution is 2.33. The van der Waals surface area contributed by atoms with Crippen LogP contribution >= 0.6 is 11.3 Å². The third-order valence-corrected chi connectivity index (χ3v) is 6.80. The SMILES string of the molecule is Cc1nc(C)c2c(C)c(C(=O)N3CCC(C(=O)c4cc(F)ccc4F)CC3)sc2n1. The van der Waals surface area contributed by atoms with Crippen molar-refractivity contribution in [1.82, 2.24) is 14.9 Å². The van der Waals surface area contributed by atoms with Gasteiger partial charge >= 0.3 is 0 Å². The molecule has 1 aliphatic heterocycles. The first kappa shape index (κ1) is 20.5. The number of benzene rings is 1. The van der Waals surface area contributed by atoms with Crippen molar-refractivity contribution in [2.75, 3.05) is 13.1 Å². The number of amides is 1.